The Labute approximate surface area is 106 Å². The fourth-order valence-electron chi connectivity index (χ4n) is 1.44. The van der Waals surface area contributed by atoms with Crippen molar-refractivity contribution in [3.8, 4) is 6.07 Å². The Bertz CT molecular complexity index is 560. The molecule has 0 spiro atoms. The Morgan fingerprint density at radius 2 is 2.17 bits per heavy atom. The van der Waals surface area contributed by atoms with Gasteiger partial charge in [-0.3, -0.25) is 0 Å². The number of anilines is 1. The summed E-state index contributed by atoms with van der Waals surface area (Å²) in [4.78, 5) is -0.544. The highest BCUT2D eigenvalue weighted by Gasteiger charge is 2.29. The molecular formula is C11H14FN3O2S. The quantitative estimate of drug-likeness (QED) is 0.837. The molecule has 98 valence electrons. The average molecular weight is 271 g/mol. The van der Waals surface area contributed by atoms with E-state index in [0.717, 1.165) is 10.4 Å². The summed E-state index contributed by atoms with van der Waals surface area (Å²) in [7, 11) is -2.74. The molecule has 0 aliphatic carbocycles. The predicted octanol–water partition coefficient (Wildman–Crippen LogP) is 1.33. The molecule has 1 aromatic carbocycles. The highest BCUT2D eigenvalue weighted by molar-refractivity contribution is 7.89. The van der Waals surface area contributed by atoms with Crippen LogP contribution in [-0.2, 0) is 10.0 Å². The monoisotopic (exact) mass is 271 g/mol. The van der Waals surface area contributed by atoms with Crippen LogP contribution in [0.1, 0.15) is 13.3 Å². The maximum absolute atomic E-state index is 13.6. The molecule has 7 heteroatoms. The van der Waals surface area contributed by atoms with Crippen LogP contribution in [0.25, 0.3) is 0 Å². The molecule has 1 aromatic rings. The highest BCUT2D eigenvalue weighted by atomic mass is 32.2. The summed E-state index contributed by atoms with van der Waals surface area (Å²) in [6.07, 6.45) is 0.0179. The normalized spacial score (nSPS) is 13.3. The van der Waals surface area contributed by atoms with E-state index in [-0.39, 0.29) is 12.1 Å². The van der Waals surface area contributed by atoms with Crippen LogP contribution in [-0.4, -0.2) is 25.8 Å². The molecule has 0 heterocycles. The van der Waals surface area contributed by atoms with Crippen LogP contribution in [0.2, 0.25) is 0 Å². The van der Waals surface area contributed by atoms with Gasteiger partial charge in [-0.1, -0.05) is 6.07 Å². The van der Waals surface area contributed by atoms with Crippen LogP contribution < -0.4 is 5.73 Å². The number of nitrogens with two attached hydrogens (primary N) is 1. The molecule has 0 fully saturated rings. The van der Waals surface area contributed by atoms with Crippen LogP contribution >= 0.6 is 0 Å². The lowest BCUT2D eigenvalue weighted by molar-refractivity contribution is 0.390. The highest BCUT2D eigenvalue weighted by Crippen LogP contribution is 2.26. The minimum absolute atomic E-state index is 0.0179. The lowest BCUT2D eigenvalue weighted by Gasteiger charge is -2.23. The lowest BCUT2D eigenvalue weighted by atomic mass is 10.3. The van der Waals surface area contributed by atoms with Gasteiger partial charge in [0.25, 0.3) is 0 Å². The number of halogens is 1. The van der Waals surface area contributed by atoms with E-state index in [9.17, 15) is 12.8 Å². The molecule has 18 heavy (non-hydrogen) atoms. The average Bonchev–Trinajstić information content (AvgIpc) is 2.27. The zero-order chi connectivity index (χ0) is 13.9. The lowest BCUT2D eigenvalue weighted by Crippen LogP contribution is -2.35. The van der Waals surface area contributed by atoms with Crippen LogP contribution in [0.4, 0.5) is 10.1 Å². The molecule has 0 bridgehead atoms. The molecule has 0 radical (unpaired) electrons. The predicted molar refractivity (Wildman–Crippen MR) is 65.5 cm³/mol. The number of nitrogen functional groups attached to an aromatic ring is 1. The van der Waals surface area contributed by atoms with Crippen molar-refractivity contribution in [2.24, 2.45) is 0 Å². The summed E-state index contributed by atoms with van der Waals surface area (Å²) in [5.41, 5.74) is 5.36. The van der Waals surface area contributed by atoms with Gasteiger partial charge in [0.2, 0.25) is 10.0 Å². The largest absolute Gasteiger partial charge is 0.398 e. The molecule has 2 N–H and O–H groups in total. The Morgan fingerprint density at radius 3 is 2.67 bits per heavy atom. The van der Waals surface area contributed by atoms with Gasteiger partial charge in [-0.05, 0) is 19.1 Å². The van der Waals surface area contributed by atoms with Gasteiger partial charge >= 0.3 is 0 Å². The van der Waals surface area contributed by atoms with Gasteiger partial charge < -0.3 is 5.73 Å². The van der Waals surface area contributed by atoms with Crippen molar-refractivity contribution in [2.75, 3.05) is 12.8 Å². The first-order valence-electron chi connectivity index (χ1n) is 5.21. The number of hydrogen-bond acceptors (Lipinski definition) is 4. The summed E-state index contributed by atoms with van der Waals surface area (Å²) in [5, 5.41) is 8.56. The van der Waals surface area contributed by atoms with Gasteiger partial charge in [-0.2, -0.15) is 9.57 Å². The topological polar surface area (TPSA) is 87.2 Å². The van der Waals surface area contributed by atoms with Gasteiger partial charge in [0.15, 0.2) is 0 Å². The minimum atomic E-state index is -4.04. The van der Waals surface area contributed by atoms with Gasteiger partial charge in [0, 0.05) is 13.1 Å². The molecule has 1 rings (SSSR count). The van der Waals surface area contributed by atoms with Crippen molar-refractivity contribution >= 4 is 15.7 Å². The summed E-state index contributed by atoms with van der Waals surface area (Å²) in [6.45, 7) is 1.57. The fourth-order valence-corrected chi connectivity index (χ4v) is 2.96. The summed E-state index contributed by atoms with van der Waals surface area (Å²) >= 11 is 0. The van der Waals surface area contributed by atoms with E-state index in [2.05, 4.69) is 0 Å². The third-order valence-corrected chi connectivity index (χ3v) is 4.71. The number of rotatable bonds is 4. The maximum Gasteiger partial charge on any atom is 0.248 e. The van der Waals surface area contributed by atoms with E-state index < -0.39 is 26.8 Å². The zero-order valence-corrected chi connectivity index (χ0v) is 10.9. The van der Waals surface area contributed by atoms with E-state index in [1.165, 1.54) is 19.2 Å². The SMILES string of the molecule is CC(CC#N)N(C)S(=O)(=O)c1c(N)cccc1F. The standard InChI is InChI=1S/C11H14FN3O2S/c1-8(6-7-13)15(2)18(16,17)11-9(12)4-3-5-10(11)14/h3-5,8H,6,14H2,1-2H3. The number of hydrogen-bond donors (Lipinski definition) is 1. The summed E-state index contributed by atoms with van der Waals surface area (Å²) in [5.74, 6) is -0.897. The van der Waals surface area contributed by atoms with E-state index >= 15 is 0 Å². The molecule has 0 aromatic heterocycles. The number of nitrogens with zero attached hydrogens (tertiary/aromatic N) is 2. The molecular weight excluding hydrogens is 257 g/mol. The van der Waals surface area contributed by atoms with Gasteiger partial charge in [-0.25, -0.2) is 12.8 Å². The Balaban J connectivity index is 3.27. The van der Waals surface area contributed by atoms with Crippen LogP contribution in [0.3, 0.4) is 0 Å². The molecule has 1 atom stereocenters. The first kappa shape index (κ1) is 14.4. The minimum Gasteiger partial charge on any atom is -0.398 e. The summed E-state index contributed by atoms with van der Waals surface area (Å²) in [6, 6.07) is 5.00. The van der Waals surface area contributed by atoms with Gasteiger partial charge in [-0.15, -0.1) is 0 Å². The van der Waals surface area contributed by atoms with Gasteiger partial charge in [0.05, 0.1) is 18.2 Å². The van der Waals surface area contributed by atoms with Crippen molar-refractivity contribution < 1.29 is 12.8 Å². The number of nitriles is 1. The Kier molecular flexibility index (Phi) is 4.27. The third-order valence-electron chi connectivity index (χ3n) is 2.64. The first-order chi connectivity index (χ1) is 8.32. The molecule has 0 aliphatic heterocycles. The zero-order valence-electron chi connectivity index (χ0n) is 10.1. The van der Waals surface area contributed by atoms with E-state index in [1.54, 1.807) is 6.92 Å². The summed E-state index contributed by atoms with van der Waals surface area (Å²) < 4.78 is 38.9. The molecule has 0 saturated carbocycles. The number of benzene rings is 1. The third kappa shape index (κ3) is 2.60. The second kappa shape index (κ2) is 5.33. The molecule has 0 amide bonds. The van der Waals surface area contributed by atoms with E-state index in [0.29, 0.717) is 0 Å². The molecule has 1 unspecified atom stereocenters. The van der Waals surface area contributed by atoms with Crippen molar-refractivity contribution in [2.45, 2.75) is 24.3 Å². The Hall–Kier alpha value is -1.65. The smallest absolute Gasteiger partial charge is 0.248 e. The molecule has 5 nitrogen and oxygen atoms in total. The van der Waals surface area contributed by atoms with E-state index in [4.69, 9.17) is 11.0 Å². The molecule has 0 aliphatic rings. The van der Waals surface area contributed by atoms with Crippen LogP contribution in [0.15, 0.2) is 23.1 Å². The van der Waals surface area contributed by atoms with Crippen molar-refractivity contribution in [1.29, 1.82) is 5.26 Å². The van der Waals surface area contributed by atoms with Crippen LogP contribution in [0, 0.1) is 17.1 Å². The second-order valence-electron chi connectivity index (χ2n) is 3.89. The molecule has 0 saturated heterocycles. The van der Waals surface area contributed by atoms with Crippen molar-refractivity contribution in [3.05, 3.63) is 24.0 Å². The fraction of sp³-hybridized carbons (Fsp3) is 0.364. The maximum atomic E-state index is 13.6. The first-order valence-corrected chi connectivity index (χ1v) is 6.65. The number of sulfonamides is 1. The Morgan fingerprint density at radius 1 is 1.56 bits per heavy atom. The van der Waals surface area contributed by atoms with Crippen molar-refractivity contribution in [3.63, 3.8) is 0 Å². The second-order valence-corrected chi connectivity index (χ2v) is 5.83. The van der Waals surface area contributed by atoms with Gasteiger partial charge in [0.1, 0.15) is 10.7 Å². The van der Waals surface area contributed by atoms with E-state index in [1.807, 2.05) is 6.07 Å². The van der Waals surface area contributed by atoms with Crippen molar-refractivity contribution in [1.82, 2.24) is 4.31 Å². The van der Waals surface area contributed by atoms with Crippen LogP contribution in [0.5, 0.6) is 0 Å².